The molecule has 0 aliphatic carbocycles. The van der Waals surface area contributed by atoms with Crippen LogP contribution in [0.5, 0.6) is 0 Å². The molecule has 0 atom stereocenters. The maximum absolute atomic E-state index is 9.29. The van der Waals surface area contributed by atoms with Crippen LogP contribution in [0.25, 0.3) is 5.57 Å². The number of hydrogen-bond acceptors (Lipinski definition) is 2. The lowest BCUT2D eigenvalue weighted by atomic mass is 10.0. The first-order valence-electron chi connectivity index (χ1n) is 6.10. The fourth-order valence-corrected chi connectivity index (χ4v) is 1.65. The van der Waals surface area contributed by atoms with Crippen LogP contribution in [0.3, 0.4) is 0 Å². The molecule has 0 bridgehead atoms. The molecule has 0 aromatic heterocycles. The number of nitrogens with zero attached hydrogens (tertiary/aromatic N) is 1. The number of hydrogen-bond donors (Lipinski definition) is 0. The van der Waals surface area contributed by atoms with E-state index in [1.807, 2.05) is 19.1 Å². The summed E-state index contributed by atoms with van der Waals surface area (Å²) < 4.78 is 5.71. The van der Waals surface area contributed by atoms with Crippen molar-refractivity contribution >= 4 is 17.2 Å². The van der Waals surface area contributed by atoms with E-state index in [4.69, 9.17) is 16.3 Å². The molecule has 0 spiro atoms. The number of nitriles is 1. The van der Waals surface area contributed by atoms with Gasteiger partial charge in [-0.1, -0.05) is 44.5 Å². The summed E-state index contributed by atoms with van der Waals surface area (Å²) >= 11 is 5.85. The SMILES string of the molecule is CCC(OCC(C)C)=C(C#N)c1ccc(Cl)cc1. The Kier molecular flexibility index (Phi) is 5.74. The van der Waals surface area contributed by atoms with Crippen molar-refractivity contribution in [2.24, 2.45) is 5.92 Å². The lowest BCUT2D eigenvalue weighted by molar-refractivity contribution is 0.175. The van der Waals surface area contributed by atoms with Crippen molar-refractivity contribution in [2.75, 3.05) is 6.61 Å². The predicted molar refractivity (Wildman–Crippen MR) is 75.1 cm³/mol. The highest BCUT2D eigenvalue weighted by molar-refractivity contribution is 6.30. The van der Waals surface area contributed by atoms with Gasteiger partial charge < -0.3 is 4.74 Å². The summed E-state index contributed by atoms with van der Waals surface area (Å²) in [6, 6.07) is 9.47. The molecular weight excluding hydrogens is 246 g/mol. The van der Waals surface area contributed by atoms with Gasteiger partial charge in [0.05, 0.1) is 12.2 Å². The molecule has 1 aromatic carbocycles. The zero-order chi connectivity index (χ0) is 13.5. The van der Waals surface area contributed by atoms with Gasteiger partial charge in [0.15, 0.2) is 0 Å². The second-order valence-electron chi connectivity index (χ2n) is 4.48. The third-order valence-corrected chi connectivity index (χ3v) is 2.69. The second-order valence-corrected chi connectivity index (χ2v) is 4.91. The van der Waals surface area contributed by atoms with Gasteiger partial charge in [-0.2, -0.15) is 5.26 Å². The van der Waals surface area contributed by atoms with Crippen LogP contribution in [-0.4, -0.2) is 6.61 Å². The third kappa shape index (κ3) is 4.09. The highest BCUT2D eigenvalue weighted by Gasteiger charge is 2.10. The minimum atomic E-state index is 0.441. The van der Waals surface area contributed by atoms with Gasteiger partial charge in [0.1, 0.15) is 11.8 Å². The van der Waals surface area contributed by atoms with Gasteiger partial charge in [0.25, 0.3) is 0 Å². The number of benzene rings is 1. The van der Waals surface area contributed by atoms with Gasteiger partial charge in [-0.05, 0) is 23.6 Å². The van der Waals surface area contributed by atoms with Crippen LogP contribution in [-0.2, 0) is 4.74 Å². The van der Waals surface area contributed by atoms with E-state index in [-0.39, 0.29) is 0 Å². The van der Waals surface area contributed by atoms with Crippen LogP contribution in [0, 0.1) is 17.2 Å². The summed E-state index contributed by atoms with van der Waals surface area (Å²) in [4.78, 5) is 0. The molecular formula is C15H18ClNO. The average molecular weight is 264 g/mol. The van der Waals surface area contributed by atoms with Crippen molar-refractivity contribution in [1.29, 1.82) is 5.26 Å². The summed E-state index contributed by atoms with van der Waals surface area (Å²) in [5, 5.41) is 9.96. The molecule has 0 aliphatic heterocycles. The Morgan fingerprint density at radius 1 is 1.33 bits per heavy atom. The summed E-state index contributed by atoms with van der Waals surface area (Å²) in [6.45, 7) is 6.79. The summed E-state index contributed by atoms with van der Waals surface area (Å²) in [7, 11) is 0. The molecule has 3 heteroatoms. The quantitative estimate of drug-likeness (QED) is 0.572. The molecule has 0 saturated carbocycles. The molecule has 18 heavy (non-hydrogen) atoms. The topological polar surface area (TPSA) is 33.0 Å². The number of ether oxygens (including phenoxy) is 1. The molecule has 2 nitrogen and oxygen atoms in total. The van der Waals surface area contributed by atoms with E-state index in [1.165, 1.54) is 0 Å². The van der Waals surface area contributed by atoms with E-state index in [0.29, 0.717) is 29.5 Å². The summed E-state index contributed by atoms with van der Waals surface area (Å²) in [6.07, 6.45) is 0.707. The molecule has 0 N–H and O–H groups in total. The molecule has 1 rings (SSSR count). The Morgan fingerprint density at radius 2 is 1.94 bits per heavy atom. The Balaban J connectivity index is 3.04. The lowest BCUT2D eigenvalue weighted by Gasteiger charge is -2.13. The molecule has 0 unspecified atom stereocenters. The third-order valence-electron chi connectivity index (χ3n) is 2.44. The van der Waals surface area contributed by atoms with Crippen molar-refractivity contribution in [3.8, 4) is 6.07 Å². The van der Waals surface area contributed by atoms with E-state index in [0.717, 1.165) is 11.3 Å². The van der Waals surface area contributed by atoms with Crippen molar-refractivity contribution in [1.82, 2.24) is 0 Å². The molecule has 1 aromatic rings. The van der Waals surface area contributed by atoms with Crippen LogP contribution in [0.1, 0.15) is 32.8 Å². The number of allylic oxidation sites excluding steroid dienone is 2. The Hall–Kier alpha value is -1.46. The fraction of sp³-hybridized carbons (Fsp3) is 0.400. The number of rotatable bonds is 5. The van der Waals surface area contributed by atoms with Gasteiger partial charge in [-0.15, -0.1) is 0 Å². The summed E-state index contributed by atoms with van der Waals surface area (Å²) in [5.41, 5.74) is 1.44. The van der Waals surface area contributed by atoms with E-state index >= 15 is 0 Å². The van der Waals surface area contributed by atoms with Crippen LogP contribution in [0.2, 0.25) is 5.02 Å². The Bertz CT molecular complexity index is 454. The number of halogens is 1. The van der Waals surface area contributed by atoms with Crippen LogP contribution < -0.4 is 0 Å². The standard InChI is InChI=1S/C15H18ClNO/c1-4-15(18-10-11(2)3)14(9-17)12-5-7-13(16)8-6-12/h5-8,11H,4,10H2,1-3H3. The Labute approximate surface area is 114 Å². The van der Waals surface area contributed by atoms with E-state index < -0.39 is 0 Å². The molecule has 0 amide bonds. The van der Waals surface area contributed by atoms with E-state index in [2.05, 4.69) is 19.9 Å². The van der Waals surface area contributed by atoms with Gasteiger partial charge >= 0.3 is 0 Å². The fourth-order valence-electron chi connectivity index (χ4n) is 1.52. The van der Waals surface area contributed by atoms with E-state index in [9.17, 15) is 5.26 Å². The van der Waals surface area contributed by atoms with Gasteiger partial charge in [0, 0.05) is 11.4 Å². The maximum Gasteiger partial charge on any atom is 0.114 e. The average Bonchev–Trinajstić information content (AvgIpc) is 2.35. The largest absolute Gasteiger partial charge is 0.496 e. The first-order valence-corrected chi connectivity index (χ1v) is 6.48. The van der Waals surface area contributed by atoms with E-state index in [1.54, 1.807) is 12.1 Å². The predicted octanol–water partition coefficient (Wildman–Crippen LogP) is 4.66. The van der Waals surface area contributed by atoms with Crippen LogP contribution in [0.15, 0.2) is 30.0 Å². The first kappa shape index (κ1) is 14.6. The Morgan fingerprint density at radius 3 is 2.39 bits per heavy atom. The normalized spacial score (nSPS) is 12.0. The molecule has 0 aliphatic rings. The molecule has 0 heterocycles. The first-order chi connectivity index (χ1) is 8.58. The van der Waals surface area contributed by atoms with Crippen molar-refractivity contribution < 1.29 is 4.74 Å². The minimum Gasteiger partial charge on any atom is -0.496 e. The second kappa shape index (κ2) is 7.08. The maximum atomic E-state index is 9.29. The monoisotopic (exact) mass is 263 g/mol. The van der Waals surface area contributed by atoms with Crippen LogP contribution >= 0.6 is 11.6 Å². The van der Waals surface area contributed by atoms with Crippen LogP contribution in [0.4, 0.5) is 0 Å². The van der Waals surface area contributed by atoms with Crippen molar-refractivity contribution in [2.45, 2.75) is 27.2 Å². The van der Waals surface area contributed by atoms with Crippen molar-refractivity contribution in [3.63, 3.8) is 0 Å². The summed E-state index contributed by atoms with van der Waals surface area (Å²) in [5.74, 6) is 1.19. The minimum absolute atomic E-state index is 0.441. The van der Waals surface area contributed by atoms with Gasteiger partial charge in [-0.25, -0.2) is 0 Å². The smallest absolute Gasteiger partial charge is 0.114 e. The van der Waals surface area contributed by atoms with Gasteiger partial charge in [0.2, 0.25) is 0 Å². The highest BCUT2D eigenvalue weighted by Crippen LogP contribution is 2.23. The van der Waals surface area contributed by atoms with Gasteiger partial charge in [-0.3, -0.25) is 0 Å². The zero-order valence-electron chi connectivity index (χ0n) is 11.0. The molecule has 0 fully saturated rings. The highest BCUT2D eigenvalue weighted by atomic mass is 35.5. The molecule has 96 valence electrons. The van der Waals surface area contributed by atoms with Crippen molar-refractivity contribution in [3.05, 3.63) is 40.6 Å². The zero-order valence-corrected chi connectivity index (χ0v) is 11.8. The lowest BCUT2D eigenvalue weighted by Crippen LogP contribution is -2.03. The molecule has 0 saturated heterocycles. The molecule has 0 radical (unpaired) electrons.